The molecule has 0 amide bonds. The third-order valence-corrected chi connectivity index (χ3v) is 3.87. The van der Waals surface area contributed by atoms with Crippen molar-refractivity contribution in [2.75, 3.05) is 20.2 Å². The summed E-state index contributed by atoms with van der Waals surface area (Å²) in [5.74, 6) is -2.71. The minimum absolute atomic E-state index is 0.564. The molecule has 2 heterocycles. The number of aliphatic carboxylic acids is 2. The summed E-state index contributed by atoms with van der Waals surface area (Å²) >= 11 is 0. The fourth-order valence-corrected chi connectivity index (χ4v) is 2.53. The summed E-state index contributed by atoms with van der Waals surface area (Å²) in [6, 6.07) is 10.7. The van der Waals surface area contributed by atoms with E-state index in [1.54, 1.807) is 0 Å². The predicted molar refractivity (Wildman–Crippen MR) is 88.2 cm³/mol. The normalized spacial score (nSPS) is 17.1. The first-order valence-electron chi connectivity index (χ1n) is 7.61. The highest BCUT2D eigenvalue weighted by Crippen LogP contribution is 2.21. The maximum atomic E-state index is 9.10. The summed E-state index contributed by atoms with van der Waals surface area (Å²) in [7, 11) is 2.17. The fraction of sp³-hybridized carbons (Fsp3) is 0.353. The van der Waals surface area contributed by atoms with E-state index >= 15 is 0 Å². The lowest BCUT2D eigenvalue weighted by atomic mass is 10.2. The number of likely N-dealkylation sites (N-methyl/N-ethyl adjacent to an activating group) is 1. The van der Waals surface area contributed by atoms with E-state index in [1.165, 1.54) is 19.4 Å². The molecule has 7 nitrogen and oxygen atoms in total. The van der Waals surface area contributed by atoms with Crippen molar-refractivity contribution < 1.29 is 24.5 Å². The number of aromatic nitrogens is 1. The first-order chi connectivity index (χ1) is 11.5. The van der Waals surface area contributed by atoms with Crippen molar-refractivity contribution in [2.45, 2.75) is 18.9 Å². The maximum Gasteiger partial charge on any atom is 0.414 e. The number of pyridine rings is 1. The Kier molecular flexibility index (Phi) is 6.08. The molecule has 0 spiro atoms. The van der Waals surface area contributed by atoms with Crippen LogP contribution in [0.15, 0.2) is 36.5 Å². The molecule has 1 atom stereocenters. The zero-order valence-electron chi connectivity index (χ0n) is 13.4. The van der Waals surface area contributed by atoms with Gasteiger partial charge in [-0.3, -0.25) is 4.98 Å². The number of hydrogen-bond acceptors (Lipinski definition) is 5. The van der Waals surface area contributed by atoms with E-state index in [4.69, 9.17) is 24.5 Å². The van der Waals surface area contributed by atoms with E-state index < -0.39 is 11.9 Å². The highest BCUT2D eigenvalue weighted by atomic mass is 16.5. The molecular weight excluding hydrogens is 312 g/mol. The standard InChI is InChI=1S/C15H18N2O.C2H2O4/c1-17-9-3-5-13(17)11-18-14-6-7-15-12(10-14)4-2-8-16-15;3-1(4)2(5)6/h2,4,6-8,10,13H,3,5,9,11H2,1H3;(H,3,4)(H,5,6)/t13-;/m0./s1. The van der Waals surface area contributed by atoms with Crippen molar-refractivity contribution in [3.8, 4) is 5.75 Å². The van der Waals surface area contributed by atoms with Gasteiger partial charge >= 0.3 is 11.9 Å². The van der Waals surface area contributed by atoms with Gasteiger partial charge < -0.3 is 19.8 Å². The number of rotatable bonds is 3. The average Bonchev–Trinajstić information content (AvgIpc) is 2.98. The monoisotopic (exact) mass is 332 g/mol. The number of fused-ring (bicyclic) bond motifs is 1. The lowest BCUT2D eigenvalue weighted by Crippen LogP contribution is -2.30. The fourth-order valence-electron chi connectivity index (χ4n) is 2.53. The topological polar surface area (TPSA) is 100.0 Å². The molecule has 24 heavy (non-hydrogen) atoms. The minimum atomic E-state index is -1.82. The molecule has 0 bridgehead atoms. The van der Waals surface area contributed by atoms with Crippen LogP contribution < -0.4 is 4.74 Å². The van der Waals surface area contributed by atoms with Crippen molar-refractivity contribution in [3.05, 3.63) is 36.5 Å². The number of nitrogens with zero attached hydrogens (tertiary/aromatic N) is 2. The summed E-state index contributed by atoms with van der Waals surface area (Å²) in [4.78, 5) is 24.9. The smallest absolute Gasteiger partial charge is 0.414 e. The highest BCUT2D eigenvalue weighted by molar-refractivity contribution is 6.27. The number of carboxylic acid groups (broad SMARTS) is 2. The van der Waals surface area contributed by atoms with Crippen molar-refractivity contribution >= 4 is 22.8 Å². The highest BCUT2D eigenvalue weighted by Gasteiger charge is 2.21. The summed E-state index contributed by atoms with van der Waals surface area (Å²) < 4.78 is 5.90. The van der Waals surface area contributed by atoms with E-state index in [9.17, 15) is 0 Å². The Morgan fingerprint density at radius 2 is 2.04 bits per heavy atom. The number of benzene rings is 1. The zero-order valence-corrected chi connectivity index (χ0v) is 13.4. The molecule has 1 aromatic carbocycles. The quantitative estimate of drug-likeness (QED) is 0.828. The van der Waals surface area contributed by atoms with Gasteiger partial charge in [-0.25, -0.2) is 9.59 Å². The minimum Gasteiger partial charge on any atom is -0.492 e. The van der Waals surface area contributed by atoms with Crippen LogP contribution >= 0.6 is 0 Å². The lowest BCUT2D eigenvalue weighted by molar-refractivity contribution is -0.159. The summed E-state index contributed by atoms with van der Waals surface area (Å²) in [6.07, 6.45) is 4.34. The zero-order chi connectivity index (χ0) is 17.5. The van der Waals surface area contributed by atoms with Gasteiger partial charge in [-0.1, -0.05) is 6.07 Å². The third-order valence-electron chi connectivity index (χ3n) is 3.87. The molecule has 1 aromatic heterocycles. The van der Waals surface area contributed by atoms with Crippen LogP contribution in [-0.2, 0) is 9.59 Å². The van der Waals surface area contributed by atoms with E-state index in [0.717, 1.165) is 23.3 Å². The van der Waals surface area contributed by atoms with Crippen LogP contribution in [0.2, 0.25) is 0 Å². The molecule has 7 heteroatoms. The summed E-state index contributed by atoms with van der Waals surface area (Å²) in [5, 5.41) is 15.9. The molecule has 2 aromatic rings. The van der Waals surface area contributed by atoms with Gasteiger partial charge in [-0.2, -0.15) is 0 Å². The first kappa shape index (κ1) is 17.7. The number of carboxylic acids is 2. The molecule has 1 saturated heterocycles. The molecule has 1 aliphatic heterocycles. The molecule has 0 radical (unpaired) electrons. The Morgan fingerprint density at radius 1 is 1.29 bits per heavy atom. The molecule has 3 rings (SSSR count). The average molecular weight is 332 g/mol. The molecule has 0 aliphatic carbocycles. The largest absolute Gasteiger partial charge is 0.492 e. The molecule has 1 aliphatic rings. The maximum absolute atomic E-state index is 9.10. The predicted octanol–water partition coefficient (Wildman–Crippen LogP) is 1.86. The van der Waals surface area contributed by atoms with Gasteiger partial charge in [0.25, 0.3) is 0 Å². The van der Waals surface area contributed by atoms with Crippen LogP contribution in [-0.4, -0.2) is 58.3 Å². The second-order valence-electron chi connectivity index (χ2n) is 5.56. The Hall–Kier alpha value is -2.67. The van der Waals surface area contributed by atoms with Gasteiger partial charge in [-0.05, 0) is 50.7 Å². The van der Waals surface area contributed by atoms with Gasteiger partial charge in [-0.15, -0.1) is 0 Å². The van der Waals surface area contributed by atoms with Crippen LogP contribution in [0.5, 0.6) is 5.75 Å². The van der Waals surface area contributed by atoms with Crippen molar-refractivity contribution in [1.29, 1.82) is 0 Å². The Morgan fingerprint density at radius 3 is 2.67 bits per heavy atom. The molecule has 0 saturated carbocycles. The van der Waals surface area contributed by atoms with Gasteiger partial charge in [0.15, 0.2) is 0 Å². The van der Waals surface area contributed by atoms with Crippen LogP contribution in [0.25, 0.3) is 10.9 Å². The number of carbonyl (C=O) groups is 2. The van der Waals surface area contributed by atoms with Gasteiger partial charge in [0.1, 0.15) is 12.4 Å². The SMILES string of the molecule is CN1CCC[C@H]1COc1ccc2ncccc2c1.O=C(O)C(=O)O. The Labute approximate surface area is 139 Å². The Balaban J connectivity index is 0.000000301. The van der Waals surface area contributed by atoms with E-state index in [-0.39, 0.29) is 0 Å². The van der Waals surface area contributed by atoms with E-state index in [0.29, 0.717) is 6.04 Å². The number of ether oxygens (including phenoxy) is 1. The second-order valence-corrected chi connectivity index (χ2v) is 5.56. The van der Waals surface area contributed by atoms with Crippen LogP contribution in [0.1, 0.15) is 12.8 Å². The first-order valence-corrected chi connectivity index (χ1v) is 7.61. The van der Waals surface area contributed by atoms with Crippen LogP contribution in [0.3, 0.4) is 0 Å². The van der Waals surface area contributed by atoms with Crippen molar-refractivity contribution in [1.82, 2.24) is 9.88 Å². The third kappa shape index (κ3) is 4.92. The van der Waals surface area contributed by atoms with Crippen LogP contribution in [0, 0.1) is 0 Å². The molecule has 0 unspecified atom stereocenters. The summed E-state index contributed by atoms with van der Waals surface area (Å²) in [6.45, 7) is 1.97. The van der Waals surface area contributed by atoms with Crippen molar-refractivity contribution in [3.63, 3.8) is 0 Å². The van der Waals surface area contributed by atoms with Gasteiger partial charge in [0.05, 0.1) is 5.52 Å². The molecule has 128 valence electrons. The van der Waals surface area contributed by atoms with Crippen LogP contribution in [0.4, 0.5) is 0 Å². The summed E-state index contributed by atoms with van der Waals surface area (Å²) in [5.41, 5.74) is 1.02. The molecule has 1 fully saturated rings. The van der Waals surface area contributed by atoms with E-state index in [2.05, 4.69) is 29.1 Å². The molecular formula is C17H20N2O5. The van der Waals surface area contributed by atoms with Gasteiger partial charge in [0.2, 0.25) is 0 Å². The van der Waals surface area contributed by atoms with E-state index in [1.807, 2.05) is 24.4 Å². The Bertz CT molecular complexity index is 707. The van der Waals surface area contributed by atoms with Crippen molar-refractivity contribution in [2.24, 2.45) is 0 Å². The lowest BCUT2D eigenvalue weighted by Gasteiger charge is -2.19. The second kappa shape index (κ2) is 8.26. The number of likely N-dealkylation sites (tertiary alicyclic amines) is 1. The molecule has 2 N–H and O–H groups in total. The van der Waals surface area contributed by atoms with Gasteiger partial charge in [0, 0.05) is 17.6 Å². The number of hydrogen-bond donors (Lipinski definition) is 2.